The molecule has 28 heavy (non-hydrogen) atoms. The van der Waals surface area contributed by atoms with E-state index in [0.29, 0.717) is 6.42 Å². The van der Waals surface area contributed by atoms with Crippen molar-refractivity contribution >= 4 is 11.8 Å². The van der Waals surface area contributed by atoms with Crippen molar-refractivity contribution in [3.05, 3.63) is 34.6 Å². The molecule has 1 rings (SSSR count). The SMILES string of the molecule is CO[C@@H]1C[C@H](O)C(O)=C(C/C=C(\C)CC/C=C(\C)CCCC(C)C(=O)O)C1=O. The zero-order valence-corrected chi connectivity index (χ0v) is 17.4. The Labute approximate surface area is 167 Å². The van der Waals surface area contributed by atoms with Crippen LogP contribution < -0.4 is 0 Å². The standard InChI is InChI=1S/C22H34O6/c1-14(9-6-10-16(3)22(26)27)7-5-8-15(2)11-12-17-20(24)18(23)13-19(28-4)21(17)25/h7,11,16,18-19,23-24H,5-6,8-10,12-13H2,1-4H3,(H,26,27)/b14-7+,15-11+/t16?,18-,19+/m0/s1. The molecule has 0 amide bonds. The van der Waals surface area contributed by atoms with E-state index in [1.165, 1.54) is 12.7 Å². The summed E-state index contributed by atoms with van der Waals surface area (Å²) >= 11 is 0. The average molecular weight is 395 g/mol. The van der Waals surface area contributed by atoms with Crippen LogP contribution in [-0.4, -0.2) is 46.4 Å². The highest BCUT2D eigenvalue weighted by atomic mass is 16.5. The third kappa shape index (κ3) is 7.60. The van der Waals surface area contributed by atoms with Crippen LogP contribution in [0.3, 0.4) is 0 Å². The molecule has 1 unspecified atom stereocenters. The number of allylic oxidation sites excluding steroid dienone is 4. The van der Waals surface area contributed by atoms with Gasteiger partial charge in [0.2, 0.25) is 0 Å². The van der Waals surface area contributed by atoms with Gasteiger partial charge in [-0.15, -0.1) is 0 Å². The number of carbonyl (C=O) groups excluding carboxylic acids is 1. The normalized spacial score (nSPS) is 22.5. The monoisotopic (exact) mass is 394 g/mol. The van der Waals surface area contributed by atoms with E-state index in [1.54, 1.807) is 6.92 Å². The van der Waals surface area contributed by atoms with E-state index in [2.05, 4.69) is 13.0 Å². The first kappa shape index (κ1) is 24.1. The van der Waals surface area contributed by atoms with Crippen molar-refractivity contribution in [3.63, 3.8) is 0 Å². The van der Waals surface area contributed by atoms with Crippen molar-refractivity contribution in [1.82, 2.24) is 0 Å². The van der Waals surface area contributed by atoms with Crippen LogP contribution >= 0.6 is 0 Å². The summed E-state index contributed by atoms with van der Waals surface area (Å²) in [5, 5.41) is 28.8. The van der Waals surface area contributed by atoms with E-state index in [0.717, 1.165) is 31.3 Å². The summed E-state index contributed by atoms with van der Waals surface area (Å²) in [6.07, 6.45) is 6.82. The Bertz CT molecular complexity index is 643. The van der Waals surface area contributed by atoms with Crippen molar-refractivity contribution in [2.45, 2.75) is 77.9 Å². The first-order chi connectivity index (χ1) is 13.2. The second-order valence-corrected chi connectivity index (χ2v) is 7.68. The lowest BCUT2D eigenvalue weighted by Crippen LogP contribution is -2.36. The molecule has 0 fully saturated rings. The van der Waals surface area contributed by atoms with Crippen LogP contribution in [0.2, 0.25) is 0 Å². The number of ketones is 1. The molecule has 0 saturated heterocycles. The van der Waals surface area contributed by atoms with Crippen LogP contribution in [0.1, 0.15) is 65.7 Å². The van der Waals surface area contributed by atoms with Crippen molar-refractivity contribution < 1.29 is 29.6 Å². The molecule has 1 aliphatic rings. The fourth-order valence-corrected chi connectivity index (χ4v) is 3.19. The molecule has 0 saturated carbocycles. The number of Topliss-reactive ketones (excluding diaryl/α,β-unsaturated/α-hetero) is 1. The number of hydrogen-bond donors (Lipinski definition) is 3. The summed E-state index contributed by atoms with van der Waals surface area (Å²) in [5.74, 6) is -1.55. The van der Waals surface area contributed by atoms with Crippen molar-refractivity contribution in [2.75, 3.05) is 7.11 Å². The van der Waals surface area contributed by atoms with Crippen LogP contribution in [-0.2, 0) is 14.3 Å². The number of hydrogen-bond acceptors (Lipinski definition) is 5. The number of aliphatic carboxylic acids is 1. The number of carboxylic acid groups (broad SMARTS) is 1. The zero-order valence-electron chi connectivity index (χ0n) is 17.4. The van der Waals surface area contributed by atoms with Crippen LogP contribution in [0.5, 0.6) is 0 Å². The minimum atomic E-state index is -1.05. The van der Waals surface area contributed by atoms with Crippen LogP contribution in [0.25, 0.3) is 0 Å². The first-order valence-corrected chi connectivity index (χ1v) is 9.88. The highest BCUT2D eigenvalue weighted by Crippen LogP contribution is 2.26. The Morgan fingerprint density at radius 2 is 1.89 bits per heavy atom. The van der Waals surface area contributed by atoms with Gasteiger partial charge in [0.15, 0.2) is 5.78 Å². The summed E-state index contributed by atoms with van der Waals surface area (Å²) in [6, 6.07) is 0. The largest absolute Gasteiger partial charge is 0.509 e. The molecule has 158 valence electrons. The number of carboxylic acids is 1. The Morgan fingerprint density at radius 1 is 1.25 bits per heavy atom. The van der Waals surface area contributed by atoms with Crippen LogP contribution in [0.15, 0.2) is 34.6 Å². The minimum absolute atomic E-state index is 0.0860. The number of methoxy groups -OCH3 is 1. The summed E-state index contributed by atoms with van der Waals surface area (Å²) in [5.41, 5.74) is 2.58. The number of ether oxygens (including phenoxy) is 1. The van der Waals surface area contributed by atoms with E-state index in [-0.39, 0.29) is 35.9 Å². The smallest absolute Gasteiger partial charge is 0.306 e. The molecule has 0 bridgehead atoms. The van der Waals surface area contributed by atoms with Gasteiger partial charge in [0.05, 0.1) is 5.92 Å². The molecule has 0 aliphatic heterocycles. The Morgan fingerprint density at radius 3 is 2.50 bits per heavy atom. The minimum Gasteiger partial charge on any atom is -0.509 e. The van der Waals surface area contributed by atoms with Gasteiger partial charge in [-0.05, 0) is 52.4 Å². The van der Waals surface area contributed by atoms with Crippen molar-refractivity contribution in [2.24, 2.45) is 5.92 Å². The third-order valence-corrected chi connectivity index (χ3v) is 5.25. The number of aliphatic hydroxyl groups is 2. The van der Waals surface area contributed by atoms with Gasteiger partial charge in [-0.1, -0.05) is 30.2 Å². The van der Waals surface area contributed by atoms with Gasteiger partial charge in [0.25, 0.3) is 0 Å². The van der Waals surface area contributed by atoms with E-state index in [9.17, 15) is 19.8 Å². The number of rotatable bonds is 11. The molecule has 6 heteroatoms. The predicted molar refractivity (Wildman–Crippen MR) is 108 cm³/mol. The molecule has 3 N–H and O–H groups in total. The lowest BCUT2D eigenvalue weighted by molar-refractivity contribution is -0.141. The summed E-state index contributed by atoms with van der Waals surface area (Å²) in [4.78, 5) is 23.1. The Balaban J connectivity index is 2.49. The lowest BCUT2D eigenvalue weighted by atomic mass is 9.89. The van der Waals surface area contributed by atoms with Gasteiger partial charge >= 0.3 is 5.97 Å². The van der Waals surface area contributed by atoms with Crippen LogP contribution in [0.4, 0.5) is 0 Å². The highest BCUT2D eigenvalue weighted by molar-refractivity contribution is 6.00. The van der Waals surface area contributed by atoms with Crippen molar-refractivity contribution in [3.8, 4) is 0 Å². The molecule has 0 spiro atoms. The quantitative estimate of drug-likeness (QED) is 0.456. The topological polar surface area (TPSA) is 104 Å². The maximum atomic E-state index is 12.3. The molecule has 0 radical (unpaired) electrons. The van der Waals surface area contributed by atoms with E-state index in [4.69, 9.17) is 9.84 Å². The molecular weight excluding hydrogens is 360 g/mol. The zero-order chi connectivity index (χ0) is 21.3. The molecule has 0 aromatic rings. The van der Waals surface area contributed by atoms with Gasteiger partial charge in [0, 0.05) is 19.1 Å². The molecule has 6 nitrogen and oxygen atoms in total. The molecule has 3 atom stereocenters. The maximum Gasteiger partial charge on any atom is 0.306 e. The lowest BCUT2D eigenvalue weighted by Gasteiger charge is -2.25. The van der Waals surface area contributed by atoms with Gasteiger partial charge in [-0.3, -0.25) is 9.59 Å². The fourth-order valence-electron chi connectivity index (χ4n) is 3.19. The number of carbonyl (C=O) groups is 2. The maximum absolute atomic E-state index is 12.3. The fraction of sp³-hybridized carbons (Fsp3) is 0.636. The molecule has 0 aromatic heterocycles. The second-order valence-electron chi connectivity index (χ2n) is 7.68. The average Bonchev–Trinajstić information content (AvgIpc) is 2.64. The predicted octanol–water partition coefficient (Wildman–Crippen LogP) is 4.10. The molecule has 0 aromatic carbocycles. The van der Waals surface area contributed by atoms with E-state index < -0.39 is 18.2 Å². The highest BCUT2D eigenvalue weighted by Gasteiger charge is 2.34. The summed E-state index contributed by atoms with van der Waals surface area (Å²) < 4.78 is 5.09. The van der Waals surface area contributed by atoms with Gasteiger partial charge in [-0.25, -0.2) is 0 Å². The third-order valence-electron chi connectivity index (χ3n) is 5.25. The number of aliphatic hydroxyl groups excluding tert-OH is 2. The van der Waals surface area contributed by atoms with E-state index >= 15 is 0 Å². The summed E-state index contributed by atoms with van der Waals surface area (Å²) in [6.45, 7) is 5.76. The first-order valence-electron chi connectivity index (χ1n) is 9.88. The Hall–Kier alpha value is -1.92. The van der Waals surface area contributed by atoms with Gasteiger partial charge in [-0.2, -0.15) is 0 Å². The van der Waals surface area contributed by atoms with Gasteiger partial charge in [0.1, 0.15) is 18.0 Å². The second kappa shape index (κ2) is 11.8. The molecular formula is C22H34O6. The molecule has 1 aliphatic carbocycles. The van der Waals surface area contributed by atoms with Gasteiger partial charge < -0.3 is 20.1 Å². The summed E-state index contributed by atoms with van der Waals surface area (Å²) in [7, 11) is 1.42. The van der Waals surface area contributed by atoms with Crippen molar-refractivity contribution in [1.29, 1.82) is 0 Å². The molecule has 0 heterocycles. The Kier molecular flexibility index (Phi) is 10.2. The van der Waals surface area contributed by atoms with E-state index in [1.807, 2.05) is 13.0 Å². The van der Waals surface area contributed by atoms with Crippen LogP contribution in [0, 0.1) is 5.92 Å².